The van der Waals surface area contributed by atoms with E-state index in [0.29, 0.717) is 13.0 Å². The van der Waals surface area contributed by atoms with E-state index in [4.69, 9.17) is 5.26 Å². The minimum Gasteiger partial charge on any atom is -0.388 e. The van der Waals surface area contributed by atoms with Gasteiger partial charge in [-0.3, -0.25) is 0 Å². The molecule has 0 aromatic carbocycles. The van der Waals surface area contributed by atoms with Gasteiger partial charge in [-0.25, -0.2) is 0 Å². The Balaban J connectivity index is 0.000000561. The molecule has 0 radical (unpaired) electrons. The van der Waals surface area contributed by atoms with Crippen molar-refractivity contribution in [1.29, 1.82) is 5.26 Å². The standard InChI is InChI=1S/C7H12N2O.C2H6/c1-6-3-7(2,10)4-9(6)5-8;1-2/h6,10H,3-4H2,1-2H3;1-2H3. The van der Waals surface area contributed by atoms with Crippen LogP contribution in [0.4, 0.5) is 0 Å². The molecule has 0 saturated carbocycles. The number of aliphatic hydroxyl groups is 1. The van der Waals surface area contributed by atoms with Crippen LogP contribution < -0.4 is 0 Å². The van der Waals surface area contributed by atoms with E-state index in [0.717, 1.165) is 0 Å². The summed E-state index contributed by atoms with van der Waals surface area (Å²) in [5, 5.41) is 18.0. The summed E-state index contributed by atoms with van der Waals surface area (Å²) in [6, 6.07) is 0.194. The summed E-state index contributed by atoms with van der Waals surface area (Å²) < 4.78 is 0. The smallest absolute Gasteiger partial charge is 0.179 e. The third-order valence-electron chi connectivity index (χ3n) is 1.91. The van der Waals surface area contributed by atoms with Crippen LogP contribution in [-0.2, 0) is 0 Å². The second-order valence-electron chi connectivity index (χ2n) is 3.28. The quantitative estimate of drug-likeness (QED) is 0.558. The van der Waals surface area contributed by atoms with Crippen LogP contribution in [0.5, 0.6) is 0 Å². The van der Waals surface area contributed by atoms with Crippen molar-refractivity contribution in [1.82, 2.24) is 4.90 Å². The number of rotatable bonds is 0. The minimum atomic E-state index is -0.658. The van der Waals surface area contributed by atoms with Crippen LogP contribution in [0.25, 0.3) is 0 Å². The van der Waals surface area contributed by atoms with Crippen LogP contribution in [0.2, 0.25) is 0 Å². The van der Waals surface area contributed by atoms with Gasteiger partial charge in [-0.15, -0.1) is 0 Å². The molecule has 3 nitrogen and oxygen atoms in total. The third-order valence-corrected chi connectivity index (χ3v) is 1.91. The number of hydrogen-bond acceptors (Lipinski definition) is 3. The zero-order valence-corrected chi connectivity index (χ0v) is 8.33. The molecular formula is C9H18N2O. The fourth-order valence-corrected chi connectivity index (χ4v) is 1.47. The molecular weight excluding hydrogens is 152 g/mol. The van der Waals surface area contributed by atoms with E-state index in [1.807, 2.05) is 27.0 Å². The maximum absolute atomic E-state index is 9.47. The fraction of sp³-hybridized carbons (Fsp3) is 0.889. The Morgan fingerprint density at radius 1 is 1.58 bits per heavy atom. The normalized spacial score (nSPS) is 33.7. The Morgan fingerprint density at radius 2 is 2.08 bits per heavy atom. The molecule has 2 unspecified atom stereocenters. The number of nitrogens with zero attached hydrogens (tertiary/aromatic N) is 2. The summed E-state index contributed by atoms with van der Waals surface area (Å²) in [5.41, 5.74) is -0.658. The van der Waals surface area contributed by atoms with Crippen molar-refractivity contribution in [3.05, 3.63) is 0 Å². The van der Waals surface area contributed by atoms with E-state index in [1.165, 1.54) is 0 Å². The van der Waals surface area contributed by atoms with Crippen LogP contribution >= 0.6 is 0 Å². The largest absolute Gasteiger partial charge is 0.388 e. The Kier molecular flexibility index (Phi) is 4.05. The Morgan fingerprint density at radius 3 is 2.25 bits per heavy atom. The SMILES string of the molecule is CC.CC1CC(C)(O)CN1C#N. The molecule has 0 aromatic heterocycles. The summed E-state index contributed by atoms with van der Waals surface area (Å²) in [4.78, 5) is 1.61. The van der Waals surface area contributed by atoms with Gasteiger partial charge in [0.1, 0.15) is 0 Å². The molecule has 0 bridgehead atoms. The molecule has 0 aliphatic carbocycles. The van der Waals surface area contributed by atoms with Gasteiger partial charge in [0.2, 0.25) is 0 Å². The van der Waals surface area contributed by atoms with Gasteiger partial charge in [0.15, 0.2) is 6.19 Å². The highest BCUT2D eigenvalue weighted by molar-refractivity contribution is 4.96. The van der Waals surface area contributed by atoms with Crippen molar-refractivity contribution in [3.8, 4) is 6.19 Å². The lowest BCUT2D eigenvalue weighted by Crippen LogP contribution is -2.27. The maximum Gasteiger partial charge on any atom is 0.179 e. The van der Waals surface area contributed by atoms with Crippen molar-refractivity contribution in [2.24, 2.45) is 0 Å². The van der Waals surface area contributed by atoms with Crippen molar-refractivity contribution in [2.75, 3.05) is 6.54 Å². The highest BCUT2D eigenvalue weighted by Crippen LogP contribution is 2.24. The Hall–Kier alpha value is -0.750. The topological polar surface area (TPSA) is 47.3 Å². The van der Waals surface area contributed by atoms with Crippen LogP contribution in [0, 0.1) is 11.5 Å². The molecule has 1 rings (SSSR count). The molecule has 12 heavy (non-hydrogen) atoms. The number of nitriles is 1. The molecule has 1 N–H and O–H groups in total. The minimum absolute atomic E-state index is 0.194. The predicted octanol–water partition coefficient (Wildman–Crippen LogP) is 1.34. The molecule has 1 fully saturated rings. The van der Waals surface area contributed by atoms with E-state index < -0.39 is 5.60 Å². The van der Waals surface area contributed by atoms with Gasteiger partial charge in [-0.2, -0.15) is 5.26 Å². The zero-order valence-electron chi connectivity index (χ0n) is 8.33. The molecule has 70 valence electrons. The number of likely N-dealkylation sites (tertiary alicyclic amines) is 1. The molecule has 1 aliphatic heterocycles. The van der Waals surface area contributed by atoms with Gasteiger partial charge < -0.3 is 10.0 Å². The lowest BCUT2D eigenvalue weighted by atomic mass is 10.0. The molecule has 1 saturated heterocycles. The van der Waals surface area contributed by atoms with E-state index in [9.17, 15) is 5.11 Å². The first kappa shape index (κ1) is 11.2. The first-order chi connectivity index (χ1) is 5.55. The lowest BCUT2D eigenvalue weighted by Gasteiger charge is -2.13. The number of hydrogen-bond donors (Lipinski definition) is 1. The molecule has 0 amide bonds. The lowest BCUT2D eigenvalue weighted by molar-refractivity contribution is 0.0739. The average molecular weight is 170 g/mol. The van der Waals surface area contributed by atoms with Crippen molar-refractivity contribution in [3.63, 3.8) is 0 Å². The second-order valence-corrected chi connectivity index (χ2v) is 3.28. The molecule has 1 heterocycles. The fourth-order valence-electron chi connectivity index (χ4n) is 1.47. The molecule has 3 heteroatoms. The van der Waals surface area contributed by atoms with Crippen molar-refractivity contribution in [2.45, 2.75) is 45.8 Å². The molecule has 0 spiro atoms. The Labute approximate surface area is 74.6 Å². The van der Waals surface area contributed by atoms with Gasteiger partial charge in [0.25, 0.3) is 0 Å². The summed E-state index contributed by atoms with van der Waals surface area (Å²) in [7, 11) is 0. The van der Waals surface area contributed by atoms with Crippen molar-refractivity contribution < 1.29 is 5.11 Å². The van der Waals surface area contributed by atoms with Crippen LogP contribution in [0.3, 0.4) is 0 Å². The molecule has 0 aromatic rings. The predicted molar refractivity (Wildman–Crippen MR) is 48.4 cm³/mol. The summed E-state index contributed by atoms with van der Waals surface area (Å²) >= 11 is 0. The first-order valence-electron chi connectivity index (χ1n) is 4.44. The van der Waals surface area contributed by atoms with E-state index >= 15 is 0 Å². The van der Waals surface area contributed by atoms with Gasteiger partial charge in [-0.1, -0.05) is 13.8 Å². The van der Waals surface area contributed by atoms with Gasteiger partial charge in [0, 0.05) is 6.04 Å². The van der Waals surface area contributed by atoms with Crippen molar-refractivity contribution >= 4 is 0 Å². The average Bonchev–Trinajstić information content (AvgIpc) is 2.28. The maximum atomic E-state index is 9.47. The van der Waals surface area contributed by atoms with E-state index in [2.05, 4.69) is 0 Å². The van der Waals surface area contributed by atoms with Gasteiger partial charge >= 0.3 is 0 Å². The van der Waals surface area contributed by atoms with Crippen LogP contribution in [0.1, 0.15) is 34.1 Å². The van der Waals surface area contributed by atoms with Crippen LogP contribution in [-0.4, -0.2) is 28.2 Å². The van der Waals surface area contributed by atoms with E-state index in [1.54, 1.807) is 11.8 Å². The second kappa shape index (κ2) is 4.32. The summed E-state index contributed by atoms with van der Waals surface area (Å²) in [6.07, 6.45) is 2.74. The van der Waals surface area contributed by atoms with Gasteiger partial charge in [-0.05, 0) is 20.3 Å². The third kappa shape index (κ3) is 2.71. The summed E-state index contributed by atoms with van der Waals surface area (Å²) in [6.45, 7) is 8.19. The van der Waals surface area contributed by atoms with E-state index in [-0.39, 0.29) is 6.04 Å². The number of β-amino-alcohol motifs (C(OH)–C–C–N with tert-alkyl or cyclic N) is 1. The van der Waals surface area contributed by atoms with Crippen LogP contribution in [0.15, 0.2) is 0 Å². The van der Waals surface area contributed by atoms with Gasteiger partial charge in [0.05, 0.1) is 12.1 Å². The zero-order chi connectivity index (χ0) is 9.78. The highest BCUT2D eigenvalue weighted by atomic mass is 16.3. The molecule has 1 aliphatic rings. The first-order valence-corrected chi connectivity index (χ1v) is 4.44. The highest BCUT2D eigenvalue weighted by Gasteiger charge is 2.36. The molecule has 2 atom stereocenters. The Bertz CT molecular complexity index is 172. The monoisotopic (exact) mass is 170 g/mol. The summed E-state index contributed by atoms with van der Waals surface area (Å²) in [5.74, 6) is 0.